The first-order chi connectivity index (χ1) is 12.2. The molecular formula is C20H23BrN2O3. The lowest BCUT2D eigenvalue weighted by molar-refractivity contribution is -0.119. The summed E-state index contributed by atoms with van der Waals surface area (Å²) in [6.45, 7) is 5.25. The number of hydrogen-bond acceptors (Lipinski definition) is 4. The van der Waals surface area contributed by atoms with Crippen molar-refractivity contribution >= 4 is 33.6 Å². The van der Waals surface area contributed by atoms with Gasteiger partial charge in [0.2, 0.25) is 0 Å². The molecule has 0 saturated heterocycles. The summed E-state index contributed by atoms with van der Waals surface area (Å²) < 4.78 is 6.24. The van der Waals surface area contributed by atoms with Gasteiger partial charge in [-0.2, -0.15) is 0 Å². The number of anilines is 1. The number of carbonyl (C=O) groups excluding carboxylic acids is 2. The third-order valence-corrected chi connectivity index (χ3v) is 4.03. The zero-order chi connectivity index (χ0) is 19.3. The van der Waals surface area contributed by atoms with Crippen molar-refractivity contribution in [2.75, 3.05) is 4.90 Å². The lowest BCUT2D eigenvalue weighted by atomic mass is 10.1. The topological polar surface area (TPSA) is 72.6 Å². The van der Waals surface area contributed by atoms with Crippen molar-refractivity contribution in [3.05, 3.63) is 64.6 Å². The van der Waals surface area contributed by atoms with Crippen LogP contribution in [0.3, 0.4) is 0 Å². The van der Waals surface area contributed by atoms with Gasteiger partial charge in [0.05, 0.1) is 11.7 Å². The summed E-state index contributed by atoms with van der Waals surface area (Å²) in [5.74, 6) is -0.509. The second-order valence-electron chi connectivity index (χ2n) is 6.93. The Kier molecular flexibility index (Phi) is 6.56. The smallest absolute Gasteiger partial charge is 0.421 e. The number of imide groups is 1. The van der Waals surface area contributed by atoms with Crippen molar-refractivity contribution in [2.24, 2.45) is 5.73 Å². The predicted molar refractivity (Wildman–Crippen MR) is 106 cm³/mol. The number of nitrogens with two attached hydrogens (primary N) is 1. The van der Waals surface area contributed by atoms with Gasteiger partial charge >= 0.3 is 6.09 Å². The van der Waals surface area contributed by atoms with Crippen LogP contribution in [0.2, 0.25) is 0 Å². The summed E-state index contributed by atoms with van der Waals surface area (Å²) in [6, 6.07) is 15.4. The van der Waals surface area contributed by atoms with Crippen LogP contribution in [-0.2, 0) is 16.0 Å². The number of rotatable bonds is 4. The second-order valence-corrected chi connectivity index (χ2v) is 7.84. The fraction of sp³-hybridized carbons (Fsp3) is 0.300. The summed E-state index contributed by atoms with van der Waals surface area (Å²) in [6.07, 6.45) is -0.413. The Morgan fingerprint density at radius 3 is 2.19 bits per heavy atom. The van der Waals surface area contributed by atoms with Gasteiger partial charge in [0.15, 0.2) is 0 Å². The molecule has 6 heteroatoms. The van der Waals surface area contributed by atoms with E-state index in [0.29, 0.717) is 12.1 Å². The molecule has 0 fully saturated rings. The Morgan fingerprint density at radius 1 is 1.08 bits per heavy atom. The summed E-state index contributed by atoms with van der Waals surface area (Å²) in [5, 5.41) is 0. The second kappa shape index (κ2) is 8.47. The molecule has 0 saturated carbocycles. The fourth-order valence-electron chi connectivity index (χ4n) is 2.34. The number of hydrogen-bond donors (Lipinski definition) is 1. The zero-order valence-electron chi connectivity index (χ0n) is 15.1. The van der Waals surface area contributed by atoms with Gasteiger partial charge in [-0.25, -0.2) is 9.69 Å². The molecule has 0 aliphatic rings. The molecule has 2 aromatic carbocycles. The molecular weight excluding hydrogens is 396 g/mol. The third-order valence-electron chi connectivity index (χ3n) is 3.50. The summed E-state index contributed by atoms with van der Waals surface area (Å²) in [7, 11) is 0. The highest BCUT2D eigenvalue weighted by Crippen LogP contribution is 2.22. The minimum atomic E-state index is -0.867. The maximum atomic E-state index is 12.9. The number of halogens is 1. The average Bonchev–Trinajstić information content (AvgIpc) is 2.56. The maximum Gasteiger partial charge on any atom is 0.421 e. The van der Waals surface area contributed by atoms with E-state index >= 15 is 0 Å². The van der Waals surface area contributed by atoms with Gasteiger partial charge in [-0.15, -0.1) is 0 Å². The monoisotopic (exact) mass is 418 g/mol. The zero-order valence-corrected chi connectivity index (χ0v) is 16.7. The van der Waals surface area contributed by atoms with Gasteiger partial charge in [-0.05, 0) is 57.0 Å². The van der Waals surface area contributed by atoms with Crippen LogP contribution in [0, 0.1) is 0 Å². The Morgan fingerprint density at radius 2 is 1.65 bits per heavy atom. The first-order valence-corrected chi connectivity index (χ1v) is 9.09. The van der Waals surface area contributed by atoms with E-state index in [-0.39, 0.29) is 0 Å². The SMILES string of the molecule is CC(C)(C)OC(=O)N(C(=O)[C@H](N)Cc1ccccc1)c1ccc(Br)cc1. The molecule has 2 aromatic rings. The van der Waals surface area contributed by atoms with E-state index in [0.717, 1.165) is 14.9 Å². The summed E-state index contributed by atoms with van der Waals surface area (Å²) in [4.78, 5) is 26.6. The Bertz CT molecular complexity index is 755. The molecule has 2 amide bonds. The van der Waals surface area contributed by atoms with Crippen LogP contribution in [-0.4, -0.2) is 23.6 Å². The molecule has 2 N–H and O–H groups in total. The summed E-state index contributed by atoms with van der Waals surface area (Å²) in [5.41, 5.74) is 6.72. The highest BCUT2D eigenvalue weighted by atomic mass is 79.9. The van der Waals surface area contributed by atoms with Crippen LogP contribution >= 0.6 is 15.9 Å². The van der Waals surface area contributed by atoms with E-state index in [1.54, 1.807) is 45.0 Å². The standard InChI is InChI=1S/C20H23BrN2O3/c1-20(2,3)26-19(25)23(16-11-9-15(21)10-12-16)18(24)17(22)13-14-7-5-4-6-8-14/h4-12,17H,13,22H2,1-3H3/t17-/m1/s1. The van der Waals surface area contributed by atoms with E-state index in [1.165, 1.54) is 0 Å². The van der Waals surface area contributed by atoms with E-state index in [2.05, 4.69) is 15.9 Å². The number of amides is 2. The lowest BCUT2D eigenvalue weighted by Crippen LogP contribution is -2.49. The minimum Gasteiger partial charge on any atom is -0.443 e. The number of carbonyl (C=O) groups is 2. The maximum absolute atomic E-state index is 12.9. The molecule has 5 nitrogen and oxygen atoms in total. The van der Waals surface area contributed by atoms with Crippen LogP contribution in [0.25, 0.3) is 0 Å². The minimum absolute atomic E-state index is 0.329. The van der Waals surface area contributed by atoms with Gasteiger partial charge in [0, 0.05) is 4.47 Å². The molecule has 26 heavy (non-hydrogen) atoms. The molecule has 138 valence electrons. The molecule has 0 aliphatic carbocycles. The first kappa shape index (κ1) is 20.1. The first-order valence-electron chi connectivity index (χ1n) is 8.29. The van der Waals surface area contributed by atoms with E-state index < -0.39 is 23.6 Å². The number of benzene rings is 2. The fourth-order valence-corrected chi connectivity index (χ4v) is 2.61. The van der Waals surface area contributed by atoms with Crippen molar-refractivity contribution < 1.29 is 14.3 Å². The van der Waals surface area contributed by atoms with Crippen LogP contribution in [0.4, 0.5) is 10.5 Å². The van der Waals surface area contributed by atoms with Gasteiger partial charge in [-0.1, -0.05) is 46.3 Å². The van der Waals surface area contributed by atoms with E-state index in [4.69, 9.17) is 10.5 Å². The van der Waals surface area contributed by atoms with Gasteiger partial charge in [-0.3, -0.25) is 4.79 Å². The van der Waals surface area contributed by atoms with Crippen LogP contribution in [0.15, 0.2) is 59.1 Å². The van der Waals surface area contributed by atoms with Crippen molar-refractivity contribution in [1.29, 1.82) is 0 Å². The quantitative estimate of drug-likeness (QED) is 0.803. The molecule has 0 aliphatic heterocycles. The molecule has 0 unspecified atom stereocenters. The lowest BCUT2D eigenvalue weighted by Gasteiger charge is -2.28. The van der Waals surface area contributed by atoms with Crippen LogP contribution < -0.4 is 10.6 Å². The van der Waals surface area contributed by atoms with E-state index in [9.17, 15) is 9.59 Å². The van der Waals surface area contributed by atoms with Gasteiger partial charge in [0.25, 0.3) is 5.91 Å². The molecule has 0 aromatic heterocycles. The van der Waals surface area contributed by atoms with Crippen molar-refractivity contribution in [3.8, 4) is 0 Å². The number of nitrogens with zero attached hydrogens (tertiary/aromatic N) is 1. The van der Waals surface area contributed by atoms with Crippen molar-refractivity contribution in [3.63, 3.8) is 0 Å². The Hall–Kier alpha value is -2.18. The Labute approximate surface area is 162 Å². The largest absolute Gasteiger partial charge is 0.443 e. The third kappa shape index (κ3) is 5.68. The number of ether oxygens (including phenoxy) is 1. The summed E-state index contributed by atoms with van der Waals surface area (Å²) >= 11 is 3.35. The molecule has 1 atom stereocenters. The predicted octanol–water partition coefficient (Wildman–Crippen LogP) is 4.29. The van der Waals surface area contributed by atoms with E-state index in [1.807, 2.05) is 30.3 Å². The normalized spacial score (nSPS) is 12.3. The van der Waals surface area contributed by atoms with Crippen LogP contribution in [0.5, 0.6) is 0 Å². The Balaban J connectivity index is 2.28. The molecule has 2 rings (SSSR count). The molecule has 0 spiro atoms. The van der Waals surface area contributed by atoms with Crippen molar-refractivity contribution in [2.45, 2.75) is 38.8 Å². The van der Waals surface area contributed by atoms with Crippen LogP contribution in [0.1, 0.15) is 26.3 Å². The highest BCUT2D eigenvalue weighted by molar-refractivity contribution is 9.10. The van der Waals surface area contributed by atoms with Crippen molar-refractivity contribution in [1.82, 2.24) is 0 Å². The molecule has 0 bridgehead atoms. The van der Waals surface area contributed by atoms with Gasteiger partial charge in [0.1, 0.15) is 5.60 Å². The molecule has 0 radical (unpaired) electrons. The molecule has 0 heterocycles. The highest BCUT2D eigenvalue weighted by Gasteiger charge is 2.32. The average molecular weight is 419 g/mol. The van der Waals surface area contributed by atoms with Gasteiger partial charge < -0.3 is 10.5 Å².